The number of carbonyl (C=O) groups is 2. The van der Waals surface area contributed by atoms with Gasteiger partial charge >= 0.3 is 0 Å². The molecule has 6 heteroatoms. The van der Waals surface area contributed by atoms with Crippen LogP contribution in [-0.4, -0.2) is 34.3 Å². The summed E-state index contributed by atoms with van der Waals surface area (Å²) in [7, 11) is 0. The second kappa shape index (κ2) is 6.99. The van der Waals surface area contributed by atoms with Crippen LogP contribution >= 0.6 is 15.9 Å². The van der Waals surface area contributed by atoms with E-state index in [4.69, 9.17) is 0 Å². The average molecular weight is 380 g/mol. The fraction of sp³-hybridized carbons (Fsp3) is 0.588. The highest BCUT2D eigenvalue weighted by atomic mass is 79.9. The Balaban J connectivity index is 1.58. The van der Waals surface area contributed by atoms with Crippen molar-refractivity contribution in [2.45, 2.75) is 45.1 Å². The van der Waals surface area contributed by atoms with E-state index in [1.165, 1.54) is 12.8 Å². The van der Waals surface area contributed by atoms with Gasteiger partial charge in [0.1, 0.15) is 5.82 Å². The quantitative estimate of drug-likeness (QED) is 0.876. The van der Waals surface area contributed by atoms with Crippen molar-refractivity contribution in [1.29, 1.82) is 0 Å². The molecular formula is C17H22BrN3O2. The number of nitrogens with one attached hydrogen (secondary N) is 1. The highest BCUT2D eigenvalue weighted by Gasteiger charge is 2.38. The second-order valence-corrected chi connectivity index (χ2v) is 7.63. The van der Waals surface area contributed by atoms with Crippen molar-refractivity contribution >= 4 is 33.6 Å². The van der Waals surface area contributed by atoms with Gasteiger partial charge in [0.15, 0.2) is 0 Å². The van der Waals surface area contributed by atoms with Crippen LogP contribution in [0.3, 0.4) is 0 Å². The van der Waals surface area contributed by atoms with E-state index < -0.39 is 0 Å². The van der Waals surface area contributed by atoms with E-state index in [0.717, 1.165) is 23.2 Å². The zero-order chi connectivity index (χ0) is 16.4. The molecule has 23 heavy (non-hydrogen) atoms. The first kappa shape index (κ1) is 16.4. The SMILES string of the molecule is CC1CCC(N2CC(C(=O)Nc3ccc(Br)cn3)CC2=O)CC1. The first-order valence-corrected chi connectivity index (χ1v) is 9.04. The standard InChI is InChI=1S/C17H22BrN3O2/c1-11-2-5-14(6-3-11)21-10-12(8-16(21)22)17(23)20-15-7-4-13(18)9-19-15/h4,7,9,11-12,14H,2-3,5-6,8,10H2,1H3,(H,19,20,23). The molecular weight excluding hydrogens is 358 g/mol. The fourth-order valence-corrected chi connectivity index (χ4v) is 3.73. The predicted octanol–water partition coefficient (Wildman–Crippen LogP) is 3.21. The Kier molecular flexibility index (Phi) is 4.99. The van der Waals surface area contributed by atoms with Gasteiger partial charge in [-0.1, -0.05) is 6.92 Å². The number of aromatic nitrogens is 1. The van der Waals surface area contributed by atoms with Crippen molar-refractivity contribution in [2.75, 3.05) is 11.9 Å². The van der Waals surface area contributed by atoms with Crippen molar-refractivity contribution in [2.24, 2.45) is 11.8 Å². The number of hydrogen-bond acceptors (Lipinski definition) is 3. The Hall–Kier alpha value is -1.43. The summed E-state index contributed by atoms with van der Waals surface area (Å²) in [6.07, 6.45) is 6.44. The average Bonchev–Trinajstić information content (AvgIpc) is 2.92. The third-order valence-electron chi connectivity index (χ3n) is 4.93. The number of anilines is 1. The predicted molar refractivity (Wildman–Crippen MR) is 91.8 cm³/mol. The number of nitrogens with zero attached hydrogens (tertiary/aromatic N) is 2. The molecule has 0 bridgehead atoms. The Bertz CT molecular complexity index is 582. The second-order valence-electron chi connectivity index (χ2n) is 6.71. The maximum atomic E-state index is 12.4. The van der Waals surface area contributed by atoms with Crippen molar-refractivity contribution in [3.63, 3.8) is 0 Å². The van der Waals surface area contributed by atoms with E-state index in [1.54, 1.807) is 12.3 Å². The normalized spacial score (nSPS) is 28.0. The molecule has 0 spiro atoms. The van der Waals surface area contributed by atoms with Crippen LogP contribution in [0.15, 0.2) is 22.8 Å². The van der Waals surface area contributed by atoms with Gasteiger partial charge in [-0.15, -0.1) is 0 Å². The Morgan fingerprint density at radius 1 is 1.30 bits per heavy atom. The molecule has 1 aliphatic carbocycles. The smallest absolute Gasteiger partial charge is 0.230 e. The molecule has 1 saturated carbocycles. The van der Waals surface area contributed by atoms with Gasteiger partial charge < -0.3 is 10.2 Å². The van der Waals surface area contributed by atoms with Crippen LogP contribution in [0.25, 0.3) is 0 Å². The summed E-state index contributed by atoms with van der Waals surface area (Å²) >= 11 is 3.32. The minimum absolute atomic E-state index is 0.111. The molecule has 1 aromatic heterocycles. The van der Waals surface area contributed by atoms with Gasteiger partial charge in [-0.3, -0.25) is 9.59 Å². The number of carbonyl (C=O) groups excluding carboxylic acids is 2. The number of hydrogen-bond donors (Lipinski definition) is 1. The van der Waals surface area contributed by atoms with Gasteiger partial charge in [0, 0.05) is 29.7 Å². The van der Waals surface area contributed by atoms with Gasteiger partial charge in [-0.25, -0.2) is 4.98 Å². The van der Waals surface area contributed by atoms with Crippen molar-refractivity contribution in [3.05, 3.63) is 22.8 Å². The van der Waals surface area contributed by atoms with E-state index >= 15 is 0 Å². The zero-order valence-electron chi connectivity index (χ0n) is 13.3. The van der Waals surface area contributed by atoms with E-state index in [0.29, 0.717) is 24.8 Å². The molecule has 5 nitrogen and oxygen atoms in total. The lowest BCUT2D eigenvalue weighted by atomic mass is 9.87. The topological polar surface area (TPSA) is 62.3 Å². The lowest BCUT2D eigenvalue weighted by Gasteiger charge is -2.33. The summed E-state index contributed by atoms with van der Waals surface area (Å²) in [6, 6.07) is 3.90. The molecule has 1 aromatic rings. The lowest BCUT2D eigenvalue weighted by Crippen LogP contribution is -2.39. The summed E-state index contributed by atoms with van der Waals surface area (Å²) in [4.78, 5) is 30.8. The monoisotopic (exact) mass is 379 g/mol. The molecule has 2 fully saturated rings. The minimum Gasteiger partial charge on any atom is -0.339 e. The molecule has 1 saturated heterocycles. The summed E-state index contributed by atoms with van der Waals surface area (Å²) in [5.74, 6) is 1.02. The molecule has 3 rings (SSSR count). The number of pyridine rings is 1. The highest BCUT2D eigenvalue weighted by molar-refractivity contribution is 9.10. The van der Waals surface area contributed by atoms with E-state index in [-0.39, 0.29) is 17.7 Å². The van der Waals surface area contributed by atoms with Crippen LogP contribution in [-0.2, 0) is 9.59 Å². The van der Waals surface area contributed by atoms with E-state index in [1.807, 2.05) is 11.0 Å². The number of amides is 2. The van der Waals surface area contributed by atoms with Crippen LogP contribution < -0.4 is 5.32 Å². The van der Waals surface area contributed by atoms with Gasteiger partial charge in [-0.05, 0) is 59.7 Å². The molecule has 2 amide bonds. The zero-order valence-corrected chi connectivity index (χ0v) is 14.9. The first-order chi connectivity index (χ1) is 11.0. The molecule has 1 unspecified atom stereocenters. The largest absolute Gasteiger partial charge is 0.339 e. The summed E-state index contributed by atoms with van der Waals surface area (Å²) in [5, 5.41) is 2.81. The maximum absolute atomic E-state index is 12.4. The molecule has 0 radical (unpaired) electrons. The van der Waals surface area contributed by atoms with Crippen LogP contribution in [0.1, 0.15) is 39.0 Å². The fourth-order valence-electron chi connectivity index (χ4n) is 3.49. The highest BCUT2D eigenvalue weighted by Crippen LogP contribution is 2.31. The van der Waals surface area contributed by atoms with Crippen molar-refractivity contribution in [3.8, 4) is 0 Å². The summed E-state index contributed by atoms with van der Waals surface area (Å²) in [6.45, 7) is 2.81. The van der Waals surface area contributed by atoms with Crippen LogP contribution in [0.4, 0.5) is 5.82 Å². The van der Waals surface area contributed by atoms with E-state index in [9.17, 15) is 9.59 Å². The third-order valence-corrected chi connectivity index (χ3v) is 5.40. The molecule has 1 atom stereocenters. The maximum Gasteiger partial charge on any atom is 0.230 e. The Morgan fingerprint density at radius 3 is 2.70 bits per heavy atom. The first-order valence-electron chi connectivity index (χ1n) is 8.25. The third kappa shape index (κ3) is 3.91. The Labute approximate surface area is 145 Å². The lowest BCUT2D eigenvalue weighted by molar-refractivity contribution is -0.130. The van der Waals surface area contributed by atoms with Gasteiger partial charge in [0.05, 0.1) is 5.92 Å². The van der Waals surface area contributed by atoms with Crippen molar-refractivity contribution < 1.29 is 9.59 Å². The number of halogens is 1. The minimum atomic E-state index is -0.271. The number of likely N-dealkylation sites (tertiary alicyclic amines) is 1. The molecule has 1 N–H and O–H groups in total. The van der Waals surface area contributed by atoms with Crippen LogP contribution in [0.5, 0.6) is 0 Å². The molecule has 124 valence electrons. The number of rotatable bonds is 3. The van der Waals surface area contributed by atoms with Crippen LogP contribution in [0.2, 0.25) is 0 Å². The molecule has 0 aromatic carbocycles. The van der Waals surface area contributed by atoms with E-state index in [2.05, 4.69) is 33.2 Å². The van der Waals surface area contributed by atoms with Gasteiger partial charge in [0.2, 0.25) is 11.8 Å². The summed E-state index contributed by atoms with van der Waals surface area (Å²) < 4.78 is 0.865. The summed E-state index contributed by atoms with van der Waals surface area (Å²) in [5.41, 5.74) is 0. The molecule has 2 aliphatic rings. The van der Waals surface area contributed by atoms with Crippen molar-refractivity contribution in [1.82, 2.24) is 9.88 Å². The Morgan fingerprint density at radius 2 is 2.04 bits per heavy atom. The van der Waals surface area contributed by atoms with Gasteiger partial charge in [0.25, 0.3) is 0 Å². The molecule has 2 heterocycles. The molecule has 1 aliphatic heterocycles. The van der Waals surface area contributed by atoms with Gasteiger partial charge in [-0.2, -0.15) is 0 Å². The van der Waals surface area contributed by atoms with Crippen LogP contribution in [0, 0.1) is 11.8 Å².